The van der Waals surface area contributed by atoms with Gasteiger partial charge in [0.15, 0.2) is 0 Å². The molecule has 0 aromatic heterocycles. The molecule has 1 aliphatic carbocycles. The number of hydrogen-bond acceptors (Lipinski definition) is 2. The minimum atomic E-state index is -0.706. The van der Waals surface area contributed by atoms with Gasteiger partial charge in [0.25, 0.3) is 0 Å². The van der Waals surface area contributed by atoms with Crippen molar-refractivity contribution in [3.05, 3.63) is 0 Å². The quantitative estimate of drug-likeness (QED) is 0.481. The molecule has 2 unspecified atom stereocenters. The van der Waals surface area contributed by atoms with E-state index in [1.54, 1.807) is 0 Å². The lowest BCUT2D eigenvalue weighted by atomic mass is 9.65. The highest BCUT2D eigenvalue weighted by Gasteiger charge is 2.30. The zero-order chi connectivity index (χ0) is 9.90. The van der Waals surface area contributed by atoms with Crippen molar-refractivity contribution in [1.82, 2.24) is 0 Å². The van der Waals surface area contributed by atoms with Crippen molar-refractivity contribution in [3.8, 4) is 6.07 Å². The normalized spacial score (nSPS) is 34.5. The lowest BCUT2D eigenvalue weighted by Crippen LogP contribution is -2.13. The molecule has 4 heteroatoms. The third kappa shape index (κ3) is 2.48. The second-order valence-electron chi connectivity index (χ2n) is 4.14. The van der Waals surface area contributed by atoms with Gasteiger partial charge in [0.05, 0.1) is 12.0 Å². The molecule has 13 heavy (non-hydrogen) atoms. The molecule has 0 radical (unpaired) electrons. The number of nitrogens with zero attached hydrogens (tertiary/aromatic N) is 1. The van der Waals surface area contributed by atoms with Gasteiger partial charge in [0, 0.05) is 5.31 Å². The van der Waals surface area contributed by atoms with Gasteiger partial charge in [0.1, 0.15) is 7.85 Å². The molecular weight excluding hydrogens is 165 g/mol. The van der Waals surface area contributed by atoms with Crippen molar-refractivity contribution in [3.63, 3.8) is 0 Å². The van der Waals surface area contributed by atoms with Gasteiger partial charge >= 0.3 is 5.97 Å². The van der Waals surface area contributed by atoms with E-state index in [-0.39, 0.29) is 11.2 Å². The van der Waals surface area contributed by atoms with E-state index in [0.29, 0.717) is 6.42 Å². The molecule has 0 heterocycles. The van der Waals surface area contributed by atoms with Gasteiger partial charge in [-0.1, -0.05) is 6.42 Å². The van der Waals surface area contributed by atoms with Crippen LogP contribution in [0.5, 0.6) is 0 Å². The summed E-state index contributed by atoms with van der Waals surface area (Å²) < 4.78 is 0. The monoisotopic (exact) mass is 179 g/mol. The zero-order valence-electron chi connectivity index (χ0n) is 7.92. The van der Waals surface area contributed by atoms with Gasteiger partial charge in [0.2, 0.25) is 0 Å². The largest absolute Gasteiger partial charge is 0.481 e. The van der Waals surface area contributed by atoms with E-state index in [2.05, 4.69) is 6.07 Å². The summed E-state index contributed by atoms with van der Waals surface area (Å²) in [5.74, 6) is -0.933. The first-order valence-electron chi connectivity index (χ1n) is 4.71. The molecule has 0 aromatic carbocycles. The highest BCUT2D eigenvalue weighted by Crippen LogP contribution is 2.39. The van der Waals surface area contributed by atoms with Gasteiger partial charge < -0.3 is 5.11 Å². The van der Waals surface area contributed by atoms with E-state index in [0.717, 1.165) is 25.7 Å². The summed E-state index contributed by atoms with van der Waals surface area (Å²) in [6.07, 6.45) is 3.81. The average Bonchev–Trinajstić information content (AvgIpc) is 2.28. The fourth-order valence-electron chi connectivity index (χ4n) is 1.86. The maximum absolute atomic E-state index is 10.7. The van der Waals surface area contributed by atoms with E-state index < -0.39 is 5.97 Å². The van der Waals surface area contributed by atoms with Crippen LogP contribution in [0.3, 0.4) is 0 Å². The van der Waals surface area contributed by atoms with Gasteiger partial charge in [-0.2, -0.15) is 5.26 Å². The average molecular weight is 179 g/mol. The number of carboxylic acids is 1. The molecule has 0 aromatic rings. The van der Waals surface area contributed by atoms with E-state index >= 15 is 0 Å². The molecule has 0 aliphatic heterocycles. The first-order valence-corrected chi connectivity index (χ1v) is 4.71. The zero-order valence-corrected chi connectivity index (χ0v) is 7.92. The van der Waals surface area contributed by atoms with Crippen molar-refractivity contribution in [2.24, 2.45) is 5.92 Å². The van der Waals surface area contributed by atoms with Crippen molar-refractivity contribution in [2.45, 2.75) is 37.4 Å². The highest BCUT2D eigenvalue weighted by atomic mass is 16.4. The number of rotatable bonds is 1. The lowest BCUT2D eigenvalue weighted by Gasteiger charge is -2.17. The first kappa shape index (κ1) is 10.1. The van der Waals surface area contributed by atoms with Crippen molar-refractivity contribution in [2.75, 3.05) is 0 Å². The fraction of sp³-hybridized carbons (Fsp3) is 0.778. The van der Waals surface area contributed by atoms with Crippen LogP contribution in [0.25, 0.3) is 0 Å². The predicted molar refractivity (Wildman–Crippen MR) is 51.1 cm³/mol. The lowest BCUT2D eigenvalue weighted by molar-refractivity contribution is -0.142. The Hall–Kier alpha value is -0.975. The van der Waals surface area contributed by atoms with Gasteiger partial charge in [-0.15, -0.1) is 0 Å². The maximum Gasteiger partial charge on any atom is 0.306 e. The Balaban J connectivity index is 2.60. The van der Waals surface area contributed by atoms with Crippen molar-refractivity contribution < 1.29 is 9.90 Å². The molecule has 1 rings (SSSR count). The van der Waals surface area contributed by atoms with Crippen LogP contribution in [0.2, 0.25) is 5.31 Å². The van der Waals surface area contributed by atoms with Gasteiger partial charge in [-0.3, -0.25) is 4.79 Å². The van der Waals surface area contributed by atoms with E-state index in [1.807, 2.05) is 7.85 Å². The summed E-state index contributed by atoms with van der Waals surface area (Å²) in [6.45, 7) is 0. The van der Waals surface area contributed by atoms with E-state index in [4.69, 9.17) is 10.4 Å². The van der Waals surface area contributed by atoms with Gasteiger partial charge in [-0.25, -0.2) is 0 Å². The van der Waals surface area contributed by atoms with Crippen LogP contribution in [-0.2, 0) is 4.79 Å². The van der Waals surface area contributed by atoms with Crippen molar-refractivity contribution >= 4 is 13.8 Å². The van der Waals surface area contributed by atoms with Crippen LogP contribution in [0, 0.1) is 17.2 Å². The van der Waals surface area contributed by atoms with E-state index in [1.165, 1.54) is 0 Å². The fourth-order valence-corrected chi connectivity index (χ4v) is 1.86. The van der Waals surface area contributed by atoms with Crippen LogP contribution in [0.15, 0.2) is 0 Å². The Morgan fingerprint density at radius 1 is 1.54 bits per heavy atom. The molecule has 1 fully saturated rings. The Morgan fingerprint density at radius 3 is 2.77 bits per heavy atom. The molecule has 3 nitrogen and oxygen atoms in total. The molecular formula is C9H14BNO2. The third-order valence-corrected chi connectivity index (χ3v) is 2.94. The summed E-state index contributed by atoms with van der Waals surface area (Å²) in [5, 5.41) is 17.4. The number of carboxylic acid groups (broad SMARTS) is 1. The molecule has 2 atom stereocenters. The number of carbonyl (C=O) groups is 1. The minimum Gasteiger partial charge on any atom is -0.481 e. The smallest absolute Gasteiger partial charge is 0.306 e. The molecule has 1 saturated carbocycles. The summed E-state index contributed by atoms with van der Waals surface area (Å²) >= 11 is 0. The summed E-state index contributed by atoms with van der Waals surface area (Å²) in [6, 6.07) is 2.29. The summed E-state index contributed by atoms with van der Waals surface area (Å²) in [4.78, 5) is 10.7. The molecule has 1 aliphatic rings. The first-order chi connectivity index (χ1) is 6.07. The SMILES string of the molecule is BC1(C#N)CCCC(C(=O)O)CC1. The Morgan fingerprint density at radius 2 is 2.23 bits per heavy atom. The number of nitriles is 1. The molecule has 0 saturated heterocycles. The Bertz CT molecular complexity index is 248. The second-order valence-corrected chi connectivity index (χ2v) is 4.14. The van der Waals surface area contributed by atoms with Crippen LogP contribution in [0.1, 0.15) is 32.1 Å². The van der Waals surface area contributed by atoms with E-state index in [9.17, 15) is 4.79 Å². The molecule has 0 bridgehead atoms. The Labute approximate surface area is 79.2 Å². The summed E-state index contributed by atoms with van der Waals surface area (Å²) in [5.41, 5.74) is 0. The van der Waals surface area contributed by atoms with Crippen LogP contribution < -0.4 is 0 Å². The van der Waals surface area contributed by atoms with Crippen molar-refractivity contribution in [1.29, 1.82) is 5.26 Å². The summed E-state index contributed by atoms with van der Waals surface area (Å²) in [7, 11) is 1.93. The highest BCUT2D eigenvalue weighted by molar-refractivity contribution is 6.17. The van der Waals surface area contributed by atoms with Gasteiger partial charge in [-0.05, 0) is 25.7 Å². The molecule has 1 N–H and O–H groups in total. The van der Waals surface area contributed by atoms with Crippen LogP contribution >= 0.6 is 0 Å². The van der Waals surface area contributed by atoms with Crippen LogP contribution in [-0.4, -0.2) is 18.9 Å². The third-order valence-electron chi connectivity index (χ3n) is 2.94. The number of hydrogen-bond donors (Lipinski definition) is 1. The minimum absolute atomic E-state index is 0.227. The van der Waals surface area contributed by atoms with Crippen LogP contribution in [0.4, 0.5) is 0 Å². The standard InChI is InChI=1S/C9H14BNO2/c10-9(6-11)4-1-2-7(3-5-9)8(12)13/h7H,1-5,10H2,(H,12,13). The molecule has 0 spiro atoms. The Kier molecular flexibility index (Phi) is 2.97. The molecule has 70 valence electrons. The predicted octanol–water partition coefficient (Wildman–Crippen LogP) is 0.967. The molecule has 0 amide bonds. The topological polar surface area (TPSA) is 61.1 Å². The second kappa shape index (κ2) is 3.82. The number of aliphatic carboxylic acids is 1. The maximum atomic E-state index is 10.7.